The smallest absolute Gasteiger partial charge is 0.322 e. The van der Waals surface area contributed by atoms with E-state index in [-0.39, 0.29) is 23.9 Å². The Kier molecular flexibility index (Phi) is 4.03. The fourth-order valence-electron chi connectivity index (χ4n) is 2.04. The highest BCUT2D eigenvalue weighted by molar-refractivity contribution is 9.10. The van der Waals surface area contributed by atoms with Crippen LogP contribution in [0.2, 0.25) is 0 Å². The van der Waals surface area contributed by atoms with Crippen LogP contribution in [-0.4, -0.2) is 25.9 Å². The zero-order valence-corrected chi connectivity index (χ0v) is 14.3. The van der Waals surface area contributed by atoms with Crippen molar-refractivity contribution < 1.29 is 13.6 Å². The molecule has 8 nitrogen and oxygen atoms in total. The maximum atomic E-state index is 12.4. The van der Waals surface area contributed by atoms with E-state index in [1.165, 1.54) is 0 Å². The Morgan fingerprint density at radius 1 is 1.30 bits per heavy atom. The Labute approximate surface area is 140 Å². The average Bonchev–Trinajstić information content (AvgIpc) is 3.18. The molecular weight excluding hydrogens is 366 g/mol. The fraction of sp³-hybridized carbons (Fsp3) is 0.286. The van der Waals surface area contributed by atoms with Crippen LogP contribution in [0.4, 0.5) is 6.01 Å². The lowest BCUT2D eigenvalue weighted by Crippen LogP contribution is -2.19. The molecule has 0 bridgehead atoms. The van der Waals surface area contributed by atoms with E-state index in [1.807, 2.05) is 20.8 Å². The van der Waals surface area contributed by atoms with E-state index in [0.717, 1.165) is 5.69 Å². The zero-order chi connectivity index (χ0) is 16.6. The minimum Gasteiger partial charge on any atom is -0.444 e. The van der Waals surface area contributed by atoms with E-state index in [1.54, 1.807) is 22.9 Å². The first-order chi connectivity index (χ1) is 10.9. The molecule has 0 aliphatic rings. The standard InChI is InChI=1S/C14H14BrN5O3/c1-7(2)20-9(6-8(3)19-20)12(21)16-14-18-17-13(23-14)10-4-5-11(15)22-10/h4-7H,1-3H3,(H,16,18,21). The summed E-state index contributed by atoms with van der Waals surface area (Å²) in [6.45, 7) is 5.72. The van der Waals surface area contributed by atoms with Crippen molar-refractivity contribution >= 4 is 27.9 Å². The van der Waals surface area contributed by atoms with Crippen LogP contribution in [0.5, 0.6) is 0 Å². The van der Waals surface area contributed by atoms with Crippen LogP contribution >= 0.6 is 15.9 Å². The van der Waals surface area contributed by atoms with E-state index in [4.69, 9.17) is 8.83 Å². The molecule has 1 amide bonds. The fourth-order valence-corrected chi connectivity index (χ4v) is 2.35. The van der Waals surface area contributed by atoms with E-state index in [9.17, 15) is 4.79 Å². The third kappa shape index (κ3) is 3.19. The number of carbonyl (C=O) groups excluding carboxylic acids is 1. The minimum atomic E-state index is -0.366. The minimum absolute atomic E-state index is 0.00770. The Hall–Kier alpha value is -2.42. The second-order valence-corrected chi connectivity index (χ2v) is 5.96. The average molecular weight is 380 g/mol. The first kappa shape index (κ1) is 15.5. The van der Waals surface area contributed by atoms with Crippen molar-refractivity contribution in [3.63, 3.8) is 0 Å². The number of halogens is 1. The molecule has 0 atom stereocenters. The lowest BCUT2D eigenvalue weighted by Gasteiger charge is -2.09. The molecule has 1 N–H and O–H groups in total. The molecule has 0 spiro atoms. The van der Waals surface area contributed by atoms with Crippen molar-refractivity contribution in [3.05, 3.63) is 34.3 Å². The van der Waals surface area contributed by atoms with Gasteiger partial charge < -0.3 is 8.83 Å². The number of anilines is 1. The second kappa shape index (κ2) is 5.99. The van der Waals surface area contributed by atoms with Crippen molar-refractivity contribution in [2.75, 3.05) is 5.32 Å². The van der Waals surface area contributed by atoms with Crippen LogP contribution in [0.3, 0.4) is 0 Å². The number of amides is 1. The molecule has 0 saturated carbocycles. The molecule has 0 radical (unpaired) electrons. The van der Waals surface area contributed by atoms with Crippen molar-refractivity contribution in [2.45, 2.75) is 26.8 Å². The van der Waals surface area contributed by atoms with E-state index >= 15 is 0 Å². The van der Waals surface area contributed by atoms with Crippen LogP contribution in [0.15, 0.2) is 31.7 Å². The van der Waals surface area contributed by atoms with E-state index in [2.05, 4.69) is 36.5 Å². The molecule has 3 aromatic heterocycles. The largest absolute Gasteiger partial charge is 0.444 e. The van der Waals surface area contributed by atoms with Crippen LogP contribution in [0, 0.1) is 6.92 Å². The summed E-state index contributed by atoms with van der Waals surface area (Å²) in [5.41, 5.74) is 1.19. The predicted molar refractivity (Wildman–Crippen MR) is 85.0 cm³/mol. The third-order valence-corrected chi connectivity index (χ3v) is 3.44. The summed E-state index contributed by atoms with van der Waals surface area (Å²) in [5, 5.41) is 14.5. The Balaban J connectivity index is 1.80. The molecule has 0 aliphatic heterocycles. The number of aromatic nitrogens is 4. The van der Waals surface area contributed by atoms with Gasteiger partial charge in [-0.25, -0.2) is 0 Å². The highest BCUT2D eigenvalue weighted by Gasteiger charge is 2.19. The topological polar surface area (TPSA) is 99.0 Å². The highest BCUT2D eigenvalue weighted by atomic mass is 79.9. The monoisotopic (exact) mass is 379 g/mol. The number of nitrogens with zero attached hydrogens (tertiary/aromatic N) is 4. The number of nitrogens with one attached hydrogen (secondary N) is 1. The maximum absolute atomic E-state index is 12.4. The van der Waals surface area contributed by atoms with Gasteiger partial charge in [-0.2, -0.15) is 5.10 Å². The summed E-state index contributed by atoms with van der Waals surface area (Å²) in [6, 6.07) is 5.15. The number of hydrogen-bond donors (Lipinski definition) is 1. The molecule has 0 fully saturated rings. The summed E-state index contributed by atoms with van der Waals surface area (Å²) in [7, 11) is 0. The van der Waals surface area contributed by atoms with Gasteiger partial charge in [0.2, 0.25) is 0 Å². The third-order valence-electron chi connectivity index (χ3n) is 3.01. The molecular formula is C14H14BrN5O3. The van der Waals surface area contributed by atoms with Crippen molar-refractivity contribution in [1.82, 2.24) is 20.0 Å². The summed E-state index contributed by atoms with van der Waals surface area (Å²) in [5.74, 6) is 0.225. The number of hydrogen-bond acceptors (Lipinski definition) is 6. The van der Waals surface area contributed by atoms with Crippen LogP contribution in [0.1, 0.15) is 36.1 Å². The molecule has 0 aromatic carbocycles. The first-order valence-electron chi connectivity index (χ1n) is 6.90. The Morgan fingerprint density at radius 3 is 2.74 bits per heavy atom. The van der Waals surface area contributed by atoms with Gasteiger partial charge >= 0.3 is 6.01 Å². The number of aryl methyl sites for hydroxylation is 1. The van der Waals surface area contributed by atoms with Crippen molar-refractivity contribution in [3.8, 4) is 11.7 Å². The molecule has 3 aromatic rings. The highest BCUT2D eigenvalue weighted by Crippen LogP contribution is 2.25. The normalized spacial score (nSPS) is 11.2. The first-order valence-corrected chi connectivity index (χ1v) is 7.70. The SMILES string of the molecule is Cc1cc(C(=O)Nc2nnc(-c3ccc(Br)o3)o2)n(C(C)C)n1. The number of rotatable bonds is 4. The van der Waals surface area contributed by atoms with Gasteiger partial charge in [0.15, 0.2) is 10.4 Å². The van der Waals surface area contributed by atoms with Gasteiger partial charge in [-0.05, 0) is 54.9 Å². The number of carbonyl (C=O) groups is 1. The maximum Gasteiger partial charge on any atom is 0.322 e. The molecule has 0 unspecified atom stereocenters. The quantitative estimate of drug-likeness (QED) is 0.745. The van der Waals surface area contributed by atoms with Gasteiger partial charge in [-0.3, -0.25) is 14.8 Å². The van der Waals surface area contributed by atoms with Gasteiger partial charge in [0.25, 0.3) is 11.8 Å². The predicted octanol–water partition coefficient (Wildman–Crippen LogP) is 3.43. The van der Waals surface area contributed by atoms with Crippen molar-refractivity contribution in [1.29, 1.82) is 0 Å². The van der Waals surface area contributed by atoms with Gasteiger partial charge in [0.1, 0.15) is 5.69 Å². The second-order valence-electron chi connectivity index (χ2n) is 5.18. The Morgan fingerprint density at radius 2 is 2.09 bits per heavy atom. The van der Waals surface area contributed by atoms with E-state index in [0.29, 0.717) is 16.1 Å². The lowest BCUT2D eigenvalue weighted by atomic mass is 10.3. The molecule has 0 saturated heterocycles. The molecule has 23 heavy (non-hydrogen) atoms. The molecule has 0 aliphatic carbocycles. The van der Waals surface area contributed by atoms with Crippen molar-refractivity contribution in [2.24, 2.45) is 0 Å². The molecule has 9 heteroatoms. The zero-order valence-electron chi connectivity index (χ0n) is 12.7. The van der Waals surface area contributed by atoms with Crippen LogP contribution < -0.4 is 5.32 Å². The summed E-state index contributed by atoms with van der Waals surface area (Å²) < 4.78 is 12.9. The summed E-state index contributed by atoms with van der Waals surface area (Å²) >= 11 is 3.19. The van der Waals surface area contributed by atoms with E-state index < -0.39 is 0 Å². The van der Waals surface area contributed by atoms with Crippen LogP contribution in [-0.2, 0) is 0 Å². The molecule has 120 valence electrons. The Bertz CT molecular complexity index is 848. The van der Waals surface area contributed by atoms with Gasteiger partial charge in [0.05, 0.1) is 5.69 Å². The van der Waals surface area contributed by atoms with Crippen LogP contribution in [0.25, 0.3) is 11.7 Å². The van der Waals surface area contributed by atoms with Gasteiger partial charge in [-0.1, -0.05) is 5.10 Å². The molecule has 3 heterocycles. The van der Waals surface area contributed by atoms with Gasteiger partial charge in [-0.15, -0.1) is 5.10 Å². The number of furan rings is 1. The summed E-state index contributed by atoms with van der Waals surface area (Å²) in [6.07, 6.45) is 0. The molecule has 3 rings (SSSR count). The van der Waals surface area contributed by atoms with Gasteiger partial charge in [0, 0.05) is 6.04 Å². The summed E-state index contributed by atoms with van der Waals surface area (Å²) in [4.78, 5) is 12.4. The lowest BCUT2D eigenvalue weighted by molar-refractivity contribution is 0.101.